The van der Waals surface area contributed by atoms with Crippen LogP contribution in [0.5, 0.6) is 5.75 Å². The molecule has 0 spiro atoms. The number of ether oxygens (including phenoxy) is 1. The van der Waals surface area contributed by atoms with Gasteiger partial charge in [-0.05, 0) is 13.0 Å². The minimum Gasteiger partial charge on any atom is -0.405 e. The molecule has 0 aromatic heterocycles. The summed E-state index contributed by atoms with van der Waals surface area (Å²) in [6.07, 6.45) is -1.81. The van der Waals surface area contributed by atoms with Gasteiger partial charge in [-0.3, -0.25) is 0 Å². The van der Waals surface area contributed by atoms with E-state index in [1.165, 1.54) is 30.4 Å². The van der Waals surface area contributed by atoms with Crippen molar-refractivity contribution in [2.24, 2.45) is 0 Å². The van der Waals surface area contributed by atoms with Crippen molar-refractivity contribution in [2.45, 2.75) is 6.36 Å². The third-order valence-electron chi connectivity index (χ3n) is 1.44. The van der Waals surface area contributed by atoms with Crippen molar-refractivity contribution < 1.29 is 17.9 Å². The van der Waals surface area contributed by atoms with Gasteiger partial charge in [0, 0.05) is 5.56 Å². The molecule has 0 aliphatic carbocycles. The molecule has 0 fully saturated rings. The minimum atomic E-state index is -4.66. The summed E-state index contributed by atoms with van der Waals surface area (Å²) in [5.41, 5.74) is 0.347. The summed E-state index contributed by atoms with van der Waals surface area (Å²) in [7, 11) is 0. The Bertz CT molecular complexity index is 328. The van der Waals surface area contributed by atoms with E-state index < -0.39 is 6.36 Å². The highest BCUT2D eigenvalue weighted by molar-refractivity contribution is 5.57. The van der Waals surface area contributed by atoms with Crippen molar-refractivity contribution in [1.82, 2.24) is 0 Å². The Hall–Kier alpha value is -1.45. The molecule has 0 unspecified atom stereocenters. The number of rotatable bonds is 2. The van der Waals surface area contributed by atoms with Gasteiger partial charge in [-0.25, -0.2) is 0 Å². The molecule has 0 saturated carbocycles. The van der Waals surface area contributed by atoms with Gasteiger partial charge in [-0.2, -0.15) is 0 Å². The molecule has 0 bridgehead atoms. The van der Waals surface area contributed by atoms with Gasteiger partial charge < -0.3 is 4.74 Å². The molecule has 0 heterocycles. The normalized spacial score (nSPS) is 12.0. The predicted molar refractivity (Wildman–Crippen MR) is 47.5 cm³/mol. The number of hydrogen-bond acceptors (Lipinski definition) is 1. The molecule has 75 valence electrons. The Morgan fingerprint density at radius 2 is 1.86 bits per heavy atom. The van der Waals surface area contributed by atoms with Crippen LogP contribution in [-0.2, 0) is 0 Å². The molecule has 1 nitrogen and oxygen atoms in total. The first-order chi connectivity index (χ1) is 6.53. The monoisotopic (exact) mass is 201 g/mol. The smallest absolute Gasteiger partial charge is 0.405 e. The van der Waals surface area contributed by atoms with Crippen LogP contribution in [0.2, 0.25) is 0 Å². The maximum atomic E-state index is 11.9. The van der Waals surface area contributed by atoms with E-state index in [-0.39, 0.29) is 5.75 Å². The molecule has 1 aromatic rings. The first-order valence-corrected chi connectivity index (χ1v) is 3.83. The van der Waals surface area contributed by atoms with Crippen LogP contribution in [0.3, 0.4) is 0 Å². The second-order valence-corrected chi connectivity index (χ2v) is 2.49. The van der Waals surface area contributed by atoms with Crippen LogP contribution in [0.25, 0.3) is 6.08 Å². The van der Waals surface area contributed by atoms with Crippen LogP contribution >= 0.6 is 0 Å². The lowest BCUT2D eigenvalue weighted by molar-refractivity contribution is -0.274. The predicted octanol–water partition coefficient (Wildman–Crippen LogP) is 3.43. The van der Waals surface area contributed by atoms with Crippen molar-refractivity contribution >= 4 is 6.08 Å². The largest absolute Gasteiger partial charge is 0.573 e. The first kappa shape index (κ1) is 10.6. The van der Waals surface area contributed by atoms with Crippen LogP contribution in [0, 0.1) is 6.92 Å². The van der Waals surface area contributed by atoms with Crippen molar-refractivity contribution in [3.05, 3.63) is 42.8 Å². The lowest BCUT2D eigenvalue weighted by Crippen LogP contribution is -2.17. The number of halogens is 3. The minimum absolute atomic E-state index is 0.222. The molecule has 1 rings (SSSR count). The fourth-order valence-electron chi connectivity index (χ4n) is 0.963. The lowest BCUT2D eigenvalue weighted by Gasteiger charge is -2.10. The van der Waals surface area contributed by atoms with E-state index in [2.05, 4.69) is 11.7 Å². The second-order valence-electron chi connectivity index (χ2n) is 2.49. The van der Waals surface area contributed by atoms with Gasteiger partial charge in [0.25, 0.3) is 0 Å². The third kappa shape index (κ3) is 3.12. The molecule has 0 saturated heterocycles. The van der Waals surface area contributed by atoms with Crippen molar-refractivity contribution in [3.8, 4) is 5.75 Å². The summed E-state index contributed by atoms with van der Waals surface area (Å²) >= 11 is 0. The third-order valence-corrected chi connectivity index (χ3v) is 1.44. The summed E-state index contributed by atoms with van der Waals surface area (Å²) < 4.78 is 39.5. The molecule has 0 atom stereocenters. The fourth-order valence-corrected chi connectivity index (χ4v) is 0.963. The standard InChI is InChI=1S/C10H8F3O/c1-2-5-8-6-3-4-7-9(8)14-10(11,12)13/h2-7H,1H2/b5-2+. The molecule has 14 heavy (non-hydrogen) atoms. The highest BCUT2D eigenvalue weighted by Gasteiger charge is 2.31. The van der Waals surface area contributed by atoms with Crippen LogP contribution < -0.4 is 4.74 Å². The highest BCUT2D eigenvalue weighted by atomic mass is 19.4. The molecule has 0 amide bonds. The Morgan fingerprint density at radius 1 is 1.21 bits per heavy atom. The first-order valence-electron chi connectivity index (χ1n) is 3.83. The molecular formula is C10H8F3O. The van der Waals surface area contributed by atoms with Gasteiger partial charge >= 0.3 is 6.36 Å². The molecule has 4 heteroatoms. The topological polar surface area (TPSA) is 9.23 Å². The van der Waals surface area contributed by atoms with Gasteiger partial charge in [-0.15, -0.1) is 13.2 Å². The summed E-state index contributed by atoms with van der Waals surface area (Å²) in [6, 6.07) is 5.87. The van der Waals surface area contributed by atoms with Gasteiger partial charge in [-0.1, -0.05) is 30.4 Å². The zero-order valence-electron chi connectivity index (χ0n) is 7.21. The van der Waals surface area contributed by atoms with Gasteiger partial charge in [0.1, 0.15) is 5.75 Å². The fraction of sp³-hybridized carbons (Fsp3) is 0.100. The molecule has 1 aromatic carbocycles. The van der Waals surface area contributed by atoms with E-state index in [0.29, 0.717) is 5.56 Å². The Kier molecular flexibility index (Phi) is 3.17. The molecule has 0 aliphatic heterocycles. The molecular weight excluding hydrogens is 193 g/mol. The molecule has 1 radical (unpaired) electrons. The van der Waals surface area contributed by atoms with Gasteiger partial charge in [0.15, 0.2) is 0 Å². The van der Waals surface area contributed by atoms with E-state index in [0.717, 1.165) is 0 Å². The summed E-state index contributed by atoms with van der Waals surface area (Å²) in [5.74, 6) is -0.222. The second kappa shape index (κ2) is 4.17. The van der Waals surface area contributed by atoms with Crippen LogP contribution in [0.15, 0.2) is 30.3 Å². The summed E-state index contributed by atoms with van der Waals surface area (Å²) in [6.45, 7) is 3.40. The SMILES string of the molecule is [CH2]/C=C/c1ccccc1OC(F)(F)F. The Labute approximate surface area is 79.8 Å². The number of para-hydroxylation sites is 1. The van der Waals surface area contributed by atoms with Crippen molar-refractivity contribution in [1.29, 1.82) is 0 Å². The Morgan fingerprint density at radius 3 is 2.43 bits per heavy atom. The highest BCUT2D eigenvalue weighted by Crippen LogP contribution is 2.26. The van der Waals surface area contributed by atoms with E-state index in [9.17, 15) is 13.2 Å². The van der Waals surface area contributed by atoms with E-state index in [1.54, 1.807) is 6.07 Å². The molecule has 0 aliphatic rings. The van der Waals surface area contributed by atoms with Crippen LogP contribution in [-0.4, -0.2) is 6.36 Å². The maximum Gasteiger partial charge on any atom is 0.573 e. The Balaban J connectivity index is 2.96. The summed E-state index contributed by atoms with van der Waals surface area (Å²) in [5, 5.41) is 0. The number of benzene rings is 1. The van der Waals surface area contributed by atoms with E-state index in [4.69, 9.17) is 0 Å². The zero-order valence-corrected chi connectivity index (χ0v) is 7.21. The van der Waals surface area contributed by atoms with E-state index in [1.807, 2.05) is 0 Å². The number of allylic oxidation sites excluding steroid dienone is 1. The zero-order chi connectivity index (χ0) is 10.6. The quantitative estimate of drug-likeness (QED) is 0.712. The average Bonchev–Trinajstić information content (AvgIpc) is 2.06. The summed E-state index contributed by atoms with van der Waals surface area (Å²) in [4.78, 5) is 0. The average molecular weight is 201 g/mol. The maximum absolute atomic E-state index is 11.9. The van der Waals surface area contributed by atoms with Crippen LogP contribution in [0.1, 0.15) is 5.56 Å². The van der Waals surface area contributed by atoms with Gasteiger partial charge in [0.05, 0.1) is 0 Å². The van der Waals surface area contributed by atoms with Crippen molar-refractivity contribution in [2.75, 3.05) is 0 Å². The van der Waals surface area contributed by atoms with E-state index >= 15 is 0 Å². The van der Waals surface area contributed by atoms with Crippen molar-refractivity contribution in [3.63, 3.8) is 0 Å². The van der Waals surface area contributed by atoms with Gasteiger partial charge in [0.2, 0.25) is 0 Å². The number of hydrogen-bond donors (Lipinski definition) is 0. The molecule has 0 N–H and O–H groups in total. The lowest BCUT2D eigenvalue weighted by atomic mass is 10.2. The number of alkyl halides is 3. The van der Waals surface area contributed by atoms with Crippen LogP contribution in [0.4, 0.5) is 13.2 Å².